The molecule has 0 aliphatic rings. The molecule has 94 valence electrons. The van der Waals surface area contributed by atoms with Crippen LogP contribution in [0.1, 0.15) is 32.3 Å². The Morgan fingerprint density at radius 1 is 1.35 bits per heavy atom. The highest BCUT2D eigenvalue weighted by Crippen LogP contribution is 2.17. The summed E-state index contributed by atoms with van der Waals surface area (Å²) in [5.41, 5.74) is 1.08. The van der Waals surface area contributed by atoms with Gasteiger partial charge in [0.15, 0.2) is 0 Å². The lowest BCUT2D eigenvalue weighted by Crippen LogP contribution is -2.24. The Balaban J connectivity index is 2.51. The topological polar surface area (TPSA) is 46.5 Å². The van der Waals surface area contributed by atoms with Gasteiger partial charge in [0.05, 0.1) is 19.1 Å². The molecule has 0 unspecified atom stereocenters. The average molecular weight is 236 g/mol. The van der Waals surface area contributed by atoms with Crippen LogP contribution in [0.3, 0.4) is 0 Å². The summed E-state index contributed by atoms with van der Waals surface area (Å²) in [5, 5.41) is 8.85. The first kappa shape index (κ1) is 13.7. The molecule has 0 heterocycles. The maximum atomic E-state index is 10.8. The Hall–Kier alpha value is -1.35. The summed E-state index contributed by atoms with van der Waals surface area (Å²) in [6.45, 7) is 4.55. The van der Waals surface area contributed by atoms with Crippen molar-refractivity contribution >= 4 is 5.97 Å². The second kappa shape index (κ2) is 7.07. The highest BCUT2D eigenvalue weighted by molar-refractivity contribution is 5.67. The van der Waals surface area contributed by atoms with Gasteiger partial charge in [-0.2, -0.15) is 0 Å². The van der Waals surface area contributed by atoms with Gasteiger partial charge >= 0.3 is 5.97 Å². The van der Waals surface area contributed by atoms with Crippen molar-refractivity contribution in [1.82, 2.24) is 0 Å². The zero-order chi connectivity index (χ0) is 12.7. The number of hydrogen-bond donors (Lipinski definition) is 1. The van der Waals surface area contributed by atoms with Gasteiger partial charge in [-0.1, -0.05) is 50.6 Å². The van der Waals surface area contributed by atoms with Crippen molar-refractivity contribution in [2.45, 2.75) is 39.4 Å². The molecule has 0 aromatic heterocycles. The first-order valence-electron chi connectivity index (χ1n) is 6.00. The fourth-order valence-electron chi connectivity index (χ4n) is 1.64. The molecule has 0 amide bonds. The van der Waals surface area contributed by atoms with Crippen molar-refractivity contribution in [1.29, 1.82) is 0 Å². The largest absolute Gasteiger partial charge is 0.481 e. The van der Waals surface area contributed by atoms with E-state index in [4.69, 9.17) is 9.84 Å². The van der Waals surface area contributed by atoms with E-state index in [9.17, 15) is 4.79 Å². The van der Waals surface area contributed by atoms with Gasteiger partial charge in [0.2, 0.25) is 0 Å². The normalized spacial score (nSPS) is 14.2. The maximum absolute atomic E-state index is 10.8. The van der Waals surface area contributed by atoms with Crippen LogP contribution in [-0.2, 0) is 16.1 Å². The van der Waals surface area contributed by atoms with Crippen LogP contribution in [0.25, 0.3) is 0 Å². The molecule has 1 N–H and O–H groups in total. The van der Waals surface area contributed by atoms with Crippen LogP contribution in [0.2, 0.25) is 0 Å². The molecule has 17 heavy (non-hydrogen) atoms. The molecule has 1 aromatic rings. The fourth-order valence-corrected chi connectivity index (χ4v) is 1.64. The van der Waals surface area contributed by atoms with Crippen molar-refractivity contribution in [2.75, 3.05) is 0 Å². The third-order valence-corrected chi connectivity index (χ3v) is 2.96. The number of carboxylic acid groups (broad SMARTS) is 1. The zero-order valence-corrected chi connectivity index (χ0v) is 10.4. The van der Waals surface area contributed by atoms with Crippen LogP contribution in [0.15, 0.2) is 30.3 Å². The minimum atomic E-state index is -0.802. The predicted molar refractivity (Wildman–Crippen MR) is 66.7 cm³/mol. The van der Waals surface area contributed by atoms with E-state index in [-0.39, 0.29) is 18.4 Å². The summed E-state index contributed by atoms with van der Waals surface area (Å²) in [7, 11) is 0. The highest BCUT2D eigenvalue weighted by atomic mass is 16.5. The van der Waals surface area contributed by atoms with Gasteiger partial charge in [0.25, 0.3) is 0 Å². The Morgan fingerprint density at radius 2 is 2.00 bits per heavy atom. The van der Waals surface area contributed by atoms with Crippen molar-refractivity contribution in [3.63, 3.8) is 0 Å². The Labute approximate surface area is 102 Å². The minimum Gasteiger partial charge on any atom is -0.481 e. The van der Waals surface area contributed by atoms with Crippen molar-refractivity contribution < 1.29 is 14.6 Å². The molecule has 0 saturated carbocycles. The molecule has 0 spiro atoms. The number of carboxylic acids is 1. The van der Waals surface area contributed by atoms with E-state index in [0.717, 1.165) is 12.0 Å². The van der Waals surface area contributed by atoms with Crippen LogP contribution >= 0.6 is 0 Å². The van der Waals surface area contributed by atoms with E-state index in [2.05, 4.69) is 0 Å². The van der Waals surface area contributed by atoms with Crippen molar-refractivity contribution in [3.8, 4) is 0 Å². The van der Waals surface area contributed by atoms with E-state index in [1.807, 2.05) is 44.2 Å². The summed E-state index contributed by atoms with van der Waals surface area (Å²) in [4.78, 5) is 10.8. The third kappa shape index (κ3) is 5.00. The standard InChI is InChI=1S/C14H20O3/c1-3-11(2)13(9-14(15)16)17-10-12-7-5-4-6-8-12/h4-8,11,13H,3,9-10H2,1-2H3,(H,15,16)/t11-,13-/m0/s1. The van der Waals surface area contributed by atoms with Gasteiger partial charge in [0, 0.05) is 0 Å². The lowest BCUT2D eigenvalue weighted by Gasteiger charge is -2.21. The number of aliphatic carboxylic acids is 1. The SMILES string of the molecule is CC[C@H](C)[C@H](CC(=O)O)OCc1ccccc1. The van der Waals surface area contributed by atoms with Crippen molar-refractivity contribution in [2.24, 2.45) is 5.92 Å². The summed E-state index contributed by atoms with van der Waals surface area (Å²) in [6, 6.07) is 9.82. The van der Waals surface area contributed by atoms with Crippen LogP contribution < -0.4 is 0 Å². The molecule has 0 radical (unpaired) electrons. The average Bonchev–Trinajstić information content (AvgIpc) is 2.34. The molecule has 3 heteroatoms. The molecule has 0 saturated heterocycles. The molecule has 0 fully saturated rings. The van der Waals surface area contributed by atoms with Crippen LogP contribution in [0.4, 0.5) is 0 Å². The van der Waals surface area contributed by atoms with Crippen LogP contribution in [0, 0.1) is 5.92 Å². The van der Waals surface area contributed by atoms with Crippen LogP contribution in [0.5, 0.6) is 0 Å². The van der Waals surface area contributed by atoms with Gasteiger partial charge in [-0.25, -0.2) is 0 Å². The van der Waals surface area contributed by atoms with Gasteiger partial charge in [-0.05, 0) is 11.5 Å². The van der Waals surface area contributed by atoms with Crippen LogP contribution in [-0.4, -0.2) is 17.2 Å². The first-order valence-corrected chi connectivity index (χ1v) is 6.00. The maximum Gasteiger partial charge on any atom is 0.305 e. The molecule has 1 rings (SSSR count). The third-order valence-electron chi connectivity index (χ3n) is 2.96. The molecular weight excluding hydrogens is 216 g/mol. The molecular formula is C14H20O3. The van der Waals surface area contributed by atoms with E-state index in [1.165, 1.54) is 0 Å². The van der Waals surface area contributed by atoms with Gasteiger partial charge in [-0.15, -0.1) is 0 Å². The minimum absolute atomic E-state index is 0.0713. The molecule has 0 aliphatic carbocycles. The van der Waals surface area contributed by atoms with Crippen molar-refractivity contribution in [3.05, 3.63) is 35.9 Å². The smallest absolute Gasteiger partial charge is 0.305 e. The highest BCUT2D eigenvalue weighted by Gasteiger charge is 2.19. The molecule has 3 nitrogen and oxygen atoms in total. The number of rotatable bonds is 7. The summed E-state index contributed by atoms with van der Waals surface area (Å²) in [6.07, 6.45) is 0.784. The zero-order valence-electron chi connectivity index (χ0n) is 10.4. The molecule has 0 bridgehead atoms. The second-order valence-corrected chi connectivity index (χ2v) is 4.32. The number of carbonyl (C=O) groups is 1. The quantitative estimate of drug-likeness (QED) is 0.791. The molecule has 2 atom stereocenters. The van der Waals surface area contributed by atoms with E-state index < -0.39 is 5.97 Å². The van der Waals surface area contributed by atoms with E-state index in [1.54, 1.807) is 0 Å². The lowest BCUT2D eigenvalue weighted by molar-refractivity contribution is -0.141. The Bertz CT molecular complexity index is 335. The van der Waals surface area contributed by atoms with Gasteiger partial charge in [0.1, 0.15) is 0 Å². The number of hydrogen-bond acceptors (Lipinski definition) is 2. The molecule has 0 aliphatic heterocycles. The summed E-state index contributed by atoms with van der Waals surface area (Å²) < 4.78 is 5.71. The monoisotopic (exact) mass is 236 g/mol. The van der Waals surface area contributed by atoms with Gasteiger partial charge < -0.3 is 9.84 Å². The van der Waals surface area contributed by atoms with E-state index >= 15 is 0 Å². The summed E-state index contributed by atoms with van der Waals surface area (Å²) >= 11 is 0. The lowest BCUT2D eigenvalue weighted by atomic mass is 9.99. The van der Waals surface area contributed by atoms with Gasteiger partial charge in [-0.3, -0.25) is 4.79 Å². The fraction of sp³-hybridized carbons (Fsp3) is 0.500. The predicted octanol–water partition coefficient (Wildman–Crippen LogP) is 3.09. The summed E-state index contributed by atoms with van der Waals surface area (Å²) in [5.74, 6) is -0.543. The number of ether oxygens (including phenoxy) is 1. The number of benzene rings is 1. The second-order valence-electron chi connectivity index (χ2n) is 4.32. The first-order chi connectivity index (χ1) is 8.13. The van der Waals surface area contributed by atoms with E-state index in [0.29, 0.717) is 6.61 Å². The Kier molecular flexibility index (Phi) is 5.70. The Morgan fingerprint density at radius 3 is 2.53 bits per heavy atom. The molecule has 1 aromatic carbocycles.